The zero-order valence-electron chi connectivity index (χ0n) is 18.4. The van der Waals surface area contributed by atoms with Gasteiger partial charge in [-0.3, -0.25) is 17.8 Å². The van der Waals surface area contributed by atoms with E-state index in [1.807, 2.05) is 0 Å². The molecule has 0 spiro atoms. The van der Waals surface area contributed by atoms with E-state index in [2.05, 4.69) is 39.9 Å². The molecule has 24 heteroatoms. The zero-order chi connectivity index (χ0) is 22.3. The summed E-state index contributed by atoms with van der Waals surface area (Å²) < 4.78 is 40.3. The van der Waals surface area contributed by atoms with Gasteiger partial charge in [-0.25, -0.2) is 15.0 Å². The number of aliphatic hydroxyl groups is 1. The molecule has 2 aromatic heterocycles. The van der Waals surface area contributed by atoms with Crippen molar-refractivity contribution in [2.75, 3.05) is 12.3 Å². The first-order valence-electron chi connectivity index (χ1n) is 7.74. The van der Waals surface area contributed by atoms with Crippen LogP contribution in [-0.4, -0.2) is 43.4 Å². The first-order valence-corrected chi connectivity index (χ1v) is 13.2. The van der Waals surface area contributed by atoms with E-state index >= 15 is 0 Å². The molecule has 16 nitrogen and oxygen atoms in total. The average molecular weight is 595 g/mol. The van der Waals surface area contributed by atoms with Gasteiger partial charge in [0.05, 0.1) is 26.9 Å². The van der Waals surface area contributed by atoms with Gasteiger partial charge in [0.15, 0.2) is 11.5 Å². The van der Waals surface area contributed by atoms with Gasteiger partial charge in [-0.2, -0.15) is 0 Å². The van der Waals surface area contributed by atoms with Crippen LogP contribution in [0.1, 0.15) is 12.6 Å². The molecule has 3 N–H and O–H groups in total. The van der Waals surface area contributed by atoms with Crippen molar-refractivity contribution in [2.24, 2.45) is 0 Å². The first kappa shape index (κ1) is 39.2. The third-order valence-corrected chi connectivity index (χ3v) is 8.28. The van der Waals surface area contributed by atoms with E-state index in [4.69, 9.17) is 10.5 Å². The molecule has 0 saturated carbocycles. The molecule has 3 heterocycles. The topological polar surface area (TPSA) is 253 Å². The molecule has 1 saturated heterocycles. The molecule has 1 aliphatic heterocycles. The van der Waals surface area contributed by atoms with Crippen molar-refractivity contribution in [2.45, 2.75) is 24.9 Å². The molecular weight excluding hydrogens is 583 g/mol. The number of anilines is 1. The summed E-state index contributed by atoms with van der Waals surface area (Å²) in [7, 11) is -11.9. The Balaban J connectivity index is 0. The minimum absolute atomic E-state index is 0. The number of nitrogens with two attached hydrogens (primary N) is 1. The van der Waals surface area contributed by atoms with Gasteiger partial charge in [-0.1, -0.05) is 11.8 Å². The van der Waals surface area contributed by atoms with E-state index in [0.717, 1.165) is 0 Å². The zero-order valence-corrected chi connectivity index (χ0v) is 29.9. The molecule has 0 aromatic carbocycles. The Kier molecular flexibility index (Phi) is 18.2. The van der Waals surface area contributed by atoms with Crippen molar-refractivity contribution in [3.63, 3.8) is 0 Å². The molecule has 0 bridgehead atoms. The van der Waals surface area contributed by atoms with Crippen molar-refractivity contribution >= 4 is 51.2 Å². The van der Waals surface area contributed by atoms with Crippen LogP contribution in [0.15, 0.2) is 12.7 Å². The van der Waals surface area contributed by atoms with Crippen LogP contribution in [0.5, 0.6) is 0 Å². The molecule has 1 aliphatic rings. The maximum Gasteiger partial charge on any atom is 1.00 e. The summed E-state index contributed by atoms with van der Waals surface area (Å²) in [5.41, 5.74) is 6.32. The SMILES string of the molecule is Nc1ncnc2c1ncn2[C@H]1C[C@H](O)[C@@H](COP([O-])(=S)OP(=O)([O-])OP(=O)([O-])[O-])O1.[Na+].[Na+].[Na+].[Na+]. The van der Waals surface area contributed by atoms with Crippen molar-refractivity contribution in [3.05, 3.63) is 12.7 Å². The quantitative estimate of drug-likeness (QED) is 0.212. The number of rotatable bonds is 8. The number of fused-ring (bicyclic) bond motifs is 1. The van der Waals surface area contributed by atoms with E-state index in [-0.39, 0.29) is 130 Å². The fourth-order valence-corrected chi connectivity index (χ4v) is 6.35. The fourth-order valence-electron chi connectivity index (χ4n) is 2.56. The number of nitrogens with zero attached hydrogens (tertiary/aromatic N) is 4. The molecule has 0 amide bonds. The Labute approximate surface area is 286 Å². The molecule has 0 radical (unpaired) electrons. The molecule has 5 atom stereocenters. The molecule has 34 heavy (non-hydrogen) atoms. The van der Waals surface area contributed by atoms with Crippen LogP contribution in [0.4, 0.5) is 5.82 Å². The van der Waals surface area contributed by atoms with Gasteiger partial charge in [0.25, 0.3) is 7.82 Å². The van der Waals surface area contributed by atoms with E-state index in [9.17, 15) is 33.8 Å². The fraction of sp³-hybridized carbons (Fsp3) is 0.500. The number of aromatic nitrogens is 4. The van der Waals surface area contributed by atoms with Crippen LogP contribution in [0.3, 0.4) is 0 Å². The Morgan fingerprint density at radius 3 is 2.35 bits per heavy atom. The first-order chi connectivity index (χ1) is 13.8. The standard InChI is InChI=1S/C10H16N5O11P3S.4Na/c11-9-8-10(13-3-12-9)15(4-14-8)7-1-5(16)6(24-7)2-23-29(22,30)26-28(20,21)25-27(17,18)19;;;;/h3-7,16H,1-2H2,(H,20,21)(H,22,30)(H2,11,12,13)(H2,17,18,19);;;;/q;4*+1/p-4/t5-,6+,7+,29?;;;;/m0..../s1. The maximum atomic E-state index is 11.9. The largest absolute Gasteiger partial charge is 1.00 e. The van der Waals surface area contributed by atoms with Crippen LogP contribution in [0, 0.1) is 0 Å². The van der Waals surface area contributed by atoms with Crippen molar-refractivity contribution in [3.8, 4) is 0 Å². The summed E-state index contributed by atoms with van der Waals surface area (Å²) in [6.07, 6.45) is -0.515. The molecular formula is C10H12N5Na4O11P3S. The van der Waals surface area contributed by atoms with Gasteiger partial charge in [0.1, 0.15) is 30.9 Å². The van der Waals surface area contributed by atoms with Crippen LogP contribution in [-0.2, 0) is 38.8 Å². The van der Waals surface area contributed by atoms with Crippen LogP contribution >= 0.6 is 22.4 Å². The molecule has 168 valence electrons. The number of nitrogen functional groups attached to an aromatic ring is 1. The van der Waals surface area contributed by atoms with Gasteiger partial charge < -0.3 is 44.2 Å². The number of hydrogen-bond acceptors (Lipinski definition) is 16. The Bertz CT molecular complexity index is 1090. The molecule has 2 unspecified atom stereocenters. The number of phosphoric acid groups is 2. The third kappa shape index (κ3) is 11.3. The Hall–Kier alpha value is 3.10. The number of hydrogen-bond donors (Lipinski definition) is 2. The van der Waals surface area contributed by atoms with E-state index in [1.54, 1.807) is 0 Å². The number of ether oxygens (including phenoxy) is 1. The molecule has 3 rings (SSSR count). The minimum atomic E-state index is -6.00. The summed E-state index contributed by atoms with van der Waals surface area (Å²) in [4.78, 5) is 55.8. The summed E-state index contributed by atoms with van der Waals surface area (Å²) >= 11 is 4.32. The van der Waals surface area contributed by atoms with E-state index in [1.165, 1.54) is 17.2 Å². The third-order valence-electron chi connectivity index (χ3n) is 3.70. The Morgan fingerprint density at radius 2 is 1.76 bits per heavy atom. The predicted octanol–water partition coefficient (Wildman–Crippen LogP) is -15.0. The normalized spacial score (nSPS) is 23.4. The maximum absolute atomic E-state index is 11.9. The molecule has 1 fully saturated rings. The molecule has 0 aliphatic carbocycles. The van der Waals surface area contributed by atoms with Gasteiger partial charge in [-0.05, 0) is 0 Å². The number of aliphatic hydroxyl groups excluding tert-OH is 1. The second-order valence-corrected chi connectivity index (χ2v) is 11.4. The van der Waals surface area contributed by atoms with E-state index in [0.29, 0.717) is 11.2 Å². The van der Waals surface area contributed by atoms with Gasteiger partial charge in [-0.15, -0.1) is 0 Å². The summed E-state index contributed by atoms with van der Waals surface area (Å²) in [6.45, 7) is -5.57. The van der Waals surface area contributed by atoms with Crippen LogP contribution in [0.2, 0.25) is 0 Å². The summed E-state index contributed by atoms with van der Waals surface area (Å²) in [5.74, 6) is 0.131. The van der Waals surface area contributed by atoms with E-state index < -0.39 is 47.4 Å². The second-order valence-electron chi connectivity index (χ2n) is 5.82. The van der Waals surface area contributed by atoms with Crippen molar-refractivity contribution in [1.82, 2.24) is 19.5 Å². The van der Waals surface area contributed by atoms with Gasteiger partial charge >= 0.3 is 118 Å². The van der Waals surface area contributed by atoms with Gasteiger partial charge in [0, 0.05) is 6.42 Å². The molecule has 2 aromatic rings. The summed E-state index contributed by atoms with van der Waals surface area (Å²) in [5, 5.41) is 10.1. The Morgan fingerprint density at radius 1 is 1.15 bits per heavy atom. The smallest absolute Gasteiger partial charge is 0.790 e. The van der Waals surface area contributed by atoms with Gasteiger partial charge in [0.2, 0.25) is 0 Å². The average Bonchev–Trinajstić information content (AvgIpc) is 3.14. The van der Waals surface area contributed by atoms with Crippen molar-refractivity contribution < 1.29 is 170 Å². The van der Waals surface area contributed by atoms with Crippen molar-refractivity contribution in [1.29, 1.82) is 0 Å². The minimum Gasteiger partial charge on any atom is -0.790 e. The second kappa shape index (κ2) is 15.8. The van der Waals surface area contributed by atoms with Crippen LogP contribution < -0.4 is 144 Å². The monoisotopic (exact) mass is 595 g/mol. The summed E-state index contributed by atoms with van der Waals surface area (Å²) in [6, 6.07) is 0. The van der Waals surface area contributed by atoms with Crippen LogP contribution in [0.25, 0.3) is 11.2 Å². The predicted molar refractivity (Wildman–Crippen MR) is 91.9 cm³/mol. The number of imidazole rings is 1.